The predicted molar refractivity (Wildman–Crippen MR) is 107 cm³/mol. The van der Waals surface area contributed by atoms with E-state index >= 15 is 0 Å². The minimum atomic E-state index is -0.532. The van der Waals surface area contributed by atoms with Crippen LogP contribution in [-0.2, 0) is 21.4 Å². The third-order valence-corrected chi connectivity index (χ3v) is 5.07. The molecule has 1 heterocycles. The minimum absolute atomic E-state index is 0. The van der Waals surface area contributed by atoms with E-state index in [9.17, 15) is 4.79 Å². The SMILES string of the molecule is Cl.N[C@@H](Cc1ccccc1)C(=O)NCC1(c2ccccc2)CCOCC1. The van der Waals surface area contributed by atoms with Gasteiger partial charge in [0, 0.05) is 25.2 Å². The smallest absolute Gasteiger partial charge is 0.237 e. The van der Waals surface area contributed by atoms with E-state index in [1.54, 1.807) is 0 Å². The third kappa shape index (κ3) is 5.07. The number of nitrogens with two attached hydrogens (primary N) is 1. The Morgan fingerprint density at radius 1 is 1.04 bits per heavy atom. The molecule has 1 atom stereocenters. The summed E-state index contributed by atoms with van der Waals surface area (Å²) in [6, 6.07) is 19.8. The Morgan fingerprint density at radius 2 is 1.62 bits per heavy atom. The summed E-state index contributed by atoms with van der Waals surface area (Å²) in [6.45, 7) is 2.05. The number of ether oxygens (including phenoxy) is 1. The molecular formula is C21H27ClN2O2. The van der Waals surface area contributed by atoms with E-state index in [0.29, 0.717) is 13.0 Å². The number of halogens is 1. The molecule has 1 fully saturated rings. The average Bonchev–Trinajstić information content (AvgIpc) is 2.68. The first-order valence-electron chi connectivity index (χ1n) is 8.90. The van der Waals surface area contributed by atoms with Crippen LogP contribution < -0.4 is 11.1 Å². The first-order valence-corrected chi connectivity index (χ1v) is 8.90. The second-order valence-electron chi connectivity index (χ2n) is 6.77. The van der Waals surface area contributed by atoms with Crippen molar-refractivity contribution in [3.63, 3.8) is 0 Å². The van der Waals surface area contributed by atoms with Gasteiger partial charge in [-0.3, -0.25) is 4.79 Å². The number of carbonyl (C=O) groups excluding carboxylic acids is 1. The van der Waals surface area contributed by atoms with Crippen LogP contribution in [0.4, 0.5) is 0 Å². The molecule has 3 rings (SSSR count). The highest BCUT2D eigenvalue weighted by Crippen LogP contribution is 2.34. The maximum Gasteiger partial charge on any atom is 0.237 e. The Labute approximate surface area is 161 Å². The lowest BCUT2D eigenvalue weighted by atomic mass is 9.74. The first-order chi connectivity index (χ1) is 12.2. The topological polar surface area (TPSA) is 64.4 Å². The maximum atomic E-state index is 12.5. The van der Waals surface area contributed by atoms with Gasteiger partial charge in [0.15, 0.2) is 0 Å². The van der Waals surface area contributed by atoms with Gasteiger partial charge in [0.2, 0.25) is 5.91 Å². The quantitative estimate of drug-likeness (QED) is 0.817. The Balaban J connectivity index is 0.00000243. The van der Waals surface area contributed by atoms with Crippen molar-refractivity contribution in [1.82, 2.24) is 5.32 Å². The molecule has 2 aromatic rings. The summed E-state index contributed by atoms with van der Waals surface area (Å²) in [7, 11) is 0. The van der Waals surface area contributed by atoms with Crippen LogP contribution in [-0.4, -0.2) is 31.7 Å². The number of nitrogens with one attached hydrogen (secondary N) is 1. The molecule has 0 bridgehead atoms. The molecule has 1 aliphatic rings. The highest BCUT2D eigenvalue weighted by Gasteiger charge is 2.35. The van der Waals surface area contributed by atoms with Gasteiger partial charge in [-0.1, -0.05) is 60.7 Å². The van der Waals surface area contributed by atoms with Crippen LogP contribution in [0.15, 0.2) is 60.7 Å². The predicted octanol–water partition coefficient (Wildman–Crippen LogP) is 2.84. The van der Waals surface area contributed by atoms with Crippen molar-refractivity contribution in [1.29, 1.82) is 0 Å². The van der Waals surface area contributed by atoms with Crippen molar-refractivity contribution in [3.05, 3.63) is 71.8 Å². The van der Waals surface area contributed by atoms with Crippen molar-refractivity contribution in [2.75, 3.05) is 19.8 Å². The number of benzene rings is 2. The molecule has 0 unspecified atom stereocenters. The molecule has 140 valence electrons. The van der Waals surface area contributed by atoms with Gasteiger partial charge in [-0.25, -0.2) is 0 Å². The number of carbonyl (C=O) groups is 1. The van der Waals surface area contributed by atoms with Crippen LogP contribution in [0.25, 0.3) is 0 Å². The normalized spacial score (nSPS) is 17.0. The molecular weight excluding hydrogens is 348 g/mol. The van der Waals surface area contributed by atoms with Crippen molar-refractivity contribution >= 4 is 18.3 Å². The van der Waals surface area contributed by atoms with E-state index in [1.807, 2.05) is 36.4 Å². The van der Waals surface area contributed by atoms with Crippen LogP contribution in [0, 0.1) is 0 Å². The van der Waals surface area contributed by atoms with Gasteiger partial charge in [-0.05, 0) is 30.4 Å². The molecule has 0 aliphatic carbocycles. The molecule has 4 nitrogen and oxygen atoms in total. The van der Waals surface area contributed by atoms with Gasteiger partial charge in [-0.15, -0.1) is 12.4 Å². The van der Waals surface area contributed by atoms with Gasteiger partial charge in [0.05, 0.1) is 6.04 Å². The van der Waals surface area contributed by atoms with Gasteiger partial charge in [0.25, 0.3) is 0 Å². The Bertz CT molecular complexity index is 673. The van der Waals surface area contributed by atoms with E-state index in [4.69, 9.17) is 10.5 Å². The molecule has 2 aromatic carbocycles. The van der Waals surface area contributed by atoms with E-state index in [-0.39, 0.29) is 23.7 Å². The molecule has 1 aliphatic heterocycles. The Morgan fingerprint density at radius 3 is 2.23 bits per heavy atom. The maximum absolute atomic E-state index is 12.5. The molecule has 1 amide bonds. The largest absolute Gasteiger partial charge is 0.381 e. The fraction of sp³-hybridized carbons (Fsp3) is 0.381. The average molecular weight is 375 g/mol. The molecule has 0 spiro atoms. The van der Waals surface area contributed by atoms with E-state index < -0.39 is 6.04 Å². The summed E-state index contributed by atoms with van der Waals surface area (Å²) in [5.74, 6) is -0.0920. The lowest BCUT2D eigenvalue weighted by Crippen LogP contribution is -2.49. The van der Waals surface area contributed by atoms with Crippen molar-refractivity contribution in [3.8, 4) is 0 Å². The Hall–Kier alpha value is -1.88. The minimum Gasteiger partial charge on any atom is -0.381 e. The number of hydrogen-bond donors (Lipinski definition) is 2. The standard InChI is InChI=1S/C21H26N2O2.ClH/c22-19(15-17-7-3-1-4-8-17)20(24)23-16-21(11-13-25-14-12-21)18-9-5-2-6-10-18;/h1-10,19H,11-16,22H2,(H,23,24);1H/t19-;/m0./s1. The summed E-state index contributed by atoms with van der Waals surface area (Å²) in [6.07, 6.45) is 2.37. The van der Waals surface area contributed by atoms with Crippen molar-refractivity contribution in [2.24, 2.45) is 5.73 Å². The van der Waals surface area contributed by atoms with Crippen molar-refractivity contribution < 1.29 is 9.53 Å². The molecule has 26 heavy (non-hydrogen) atoms. The third-order valence-electron chi connectivity index (χ3n) is 5.07. The fourth-order valence-corrected chi connectivity index (χ4v) is 3.47. The summed E-state index contributed by atoms with van der Waals surface area (Å²) in [4.78, 5) is 12.5. The molecule has 0 aromatic heterocycles. The molecule has 1 saturated heterocycles. The summed E-state index contributed by atoms with van der Waals surface area (Å²) >= 11 is 0. The number of hydrogen-bond acceptors (Lipinski definition) is 3. The molecule has 0 radical (unpaired) electrons. The zero-order chi connectivity index (χ0) is 17.5. The zero-order valence-corrected chi connectivity index (χ0v) is 15.7. The number of rotatable bonds is 6. The second-order valence-corrected chi connectivity index (χ2v) is 6.77. The van der Waals surface area contributed by atoms with Gasteiger partial charge >= 0.3 is 0 Å². The van der Waals surface area contributed by atoms with Gasteiger partial charge in [-0.2, -0.15) is 0 Å². The molecule has 0 saturated carbocycles. The lowest BCUT2D eigenvalue weighted by molar-refractivity contribution is -0.122. The highest BCUT2D eigenvalue weighted by atomic mass is 35.5. The zero-order valence-electron chi connectivity index (χ0n) is 14.9. The van der Waals surface area contributed by atoms with Crippen LogP contribution >= 0.6 is 12.4 Å². The summed E-state index contributed by atoms with van der Waals surface area (Å²) < 4.78 is 5.54. The van der Waals surface area contributed by atoms with Crippen LogP contribution in [0.2, 0.25) is 0 Å². The first kappa shape index (κ1) is 20.4. The van der Waals surface area contributed by atoms with E-state index in [0.717, 1.165) is 31.6 Å². The van der Waals surface area contributed by atoms with Crippen LogP contribution in [0.5, 0.6) is 0 Å². The van der Waals surface area contributed by atoms with E-state index in [1.165, 1.54) is 5.56 Å². The number of amides is 1. The lowest BCUT2D eigenvalue weighted by Gasteiger charge is -2.38. The highest BCUT2D eigenvalue weighted by molar-refractivity contribution is 5.85. The van der Waals surface area contributed by atoms with Crippen molar-refractivity contribution in [2.45, 2.75) is 30.7 Å². The summed E-state index contributed by atoms with van der Waals surface area (Å²) in [5.41, 5.74) is 8.38. The fourth-order valence-electron chi connectivity index (χ4n) is 3.47. The van der Waals surface area contributed by atoms with Gasteiger partial charge in [0.1, 0.15) is 0 Å². The van der Waals surface area contributed by atoms with E-state index in [2.05, 4.69) is 29.6 Å². The molecule has 3 N–H and O–H groups in total. The van der Waals surface area contributed by atoms with Crippen LogP contribution in [0.1, 0.15) is 24.0 Å². The summed E-state index contributed by atoms with van der Waals surface area (Å²) in [5, 5.41) is 3.09. The second kappa shape index (κ2) is 9.72. The Kier molecular flexibility index (Phi) is 7.64. The molecule has 5 heteroatoms. The van der Waals surface area contributed by atoms with Gasteiger partial charge < -0.3 is 15.8 Å². The monoisotopic (exact) mass is 374 g/mol. The van der Waals surface area contributed by atoms with Crippen LogP contribution in [0.3, 0.4) is 0 Å².